The van der Waals surface area contributed by atoms with Gasteiger partial charge in [0.2, 0.25) is 0 Å². The van der Waals surface area contributed by atoms with Crippen LogP contribution in [0.5, 0.6) is 5.75 Å². The fourth-order valence-electron chi connectivity index (χ4n) is 0.835. The molecule has 0 spiro atoms. The molecule has 3 heteroatoms. The second-order valence-electron chi connectivity index (χ2n) is 2.44. The first kappa shape index (κ1) is 8.88. The molecule has 0 amide bonds. The number of hydrogen-bond donors (Lipinski definition) is 1. The van der Waals surface area contributed by atoms with Gasteiger partial charge in [-0.2, -0.15) is 0 Å². The third-order valence-electron chi connectivity index (χ3n) is 1.68. The van der Waals surface area contributed by atoms with E-state index in [0.29, 0.717) is 5.02 Å². The summed E-state index contributed by atoms with van der Waals surface area (Å²) >= 11 is 9.09. The largest absolute Gasteiger partial charge is 0.507 e. The molecule has 1 rings (SSSR count). The fourth-order valence-corrected chi connectivity index (χ4v) is 1.58. The Morgan fingerprint density at radius 1 is 1.36 bits per heavy atom. The Morgan fingerprint density at radius 2 is 1.91 bits per heavy atom. The van der Waals surface area contributed by atoms with Crippen molar-refractivity contribution < 1.29 is 5.11 Å². The molecule has 0 bridgehead atoms. The summed E-state index contributed by atoms with van der Waals surface area (Å²) in [5, 5.41) is 10.0. The van der Waals surface area contributed by atoms with E-state index >= 15 is 0 Å². The van der Waals surface area contributed by atoms with Gasteiger partial charge in [-0.15, -0.1) is 0 Å². The van der Waals surface area contributed by atoms with Crippen molar-refractivity contribution in [3.63, 3.8) is 0 Å². The number of halogens is 2. The molecule has 0 aliphatic carbocycles. The maximum atomic E-state index is 9.45. The molecular formula is C8H8BrClO. The van der Waals surface area contributed by atoms with Crippen molar-refractivity contribution in [1.29, 1.82) is 0 Å². The molecule has 0 radical (unpaired) electrons. The molecule has 0 aromatic heterocycles. The van der Waals surface area contributed by atoms with Crippen molar-refractivity contribution >= 4 is 27.5 Å². The highest BCUT2D eigenvalue weighted by atomic mass is 79.9. The zero-order chi connectivity index (χ0) is 8.59. The summed E-state index contributed by atoms with van der Waals surface area (Å²) in [6.45, 7) is 3.62. The van der Waals surface area contributed by atoms with Crippen LogP contribution in [0.1, 0.15) is 11.1 Å². The lowest BCUT2D eigenvalue weighted by atomic mass is 10.1. The van der Waals surface area contributed by atoms with Crippen molar-refractivity contribution in [2.45, 2.75) is 13.8 Å². The van der Waals surface area contributed by atoms with Gasteiger partial charge in [0.1, 0.15) is 5.75 Å². The highest BCUT2D eigenvalue weighted by Gasteiger charge is 2.07. The quantitative estimate of drug-likeness (QED) is 0.730. The number of aromatic hydroxyl groups is 1. The lowest BCUT2D eigenvalue weighted by Gasteiger charge is -2.06. The minimum atomic E-state index is 0.268. The topological polar surface area (TPSA) is 20.2 Å². The monoisotopic (exact) mass is 234 g/mol. The molecule has 11 heavy (non-hydrogen) atoms. The first-order valence-electron chi connectivity index (χ1n) is 3.18. The van der Waals surface area contributed by atoms with Gasteiger partial charge < -0.3 is 5.11 Å². The van der Waals surface area contributed by atoms with Gasteiger partial charge in [-0.1, -0.05) is 27.5 Å². The molecule has 0 fully saturated rings. The Labute approximate surface area is 79.1 Å². The van der Waals surface area contributed by atoms with Crippen LogP contribution in [0.25, 0.3) is 0 Å². The third kappa shape index (κ3) is 1.52. The molecule has 0 saturated carbocycles. The van der Waals surface area contributed by atoms with E-state index in [1.165, 1.54) is 0 Å². The van der Waals surface area contributed by atoms with Crippen molar-refractivity contribution in [3.05, 3.63) is 26.7 Å². The Hall–Kier alpha value is -0.210. The Balaban J connectivity index is 3.46. The lowest BCUT2D eigenvalue weighted by Crippen LogP contribution is -1.83. The summed E-state index contributed by atoms with van der Waals surface area (Å²) in [7, 11) is 0. The molecule has 1 aromatic carbocycles. The summed E-state index contributed by atoms with van der Waals surface area (Å²) in [4.78, 5) is 0. The van der Waals surface area contributed by atoms with Gasteiger partial charge in [0.05, 0.1) is 0 Å². The summed E-state index contributed by atoms with van der Waals surface area (Å²) in [6.07, 6.45) is 0. The minimum absolute atomic E-state index is 0.268. The van der Waals surface area contributed by atoms with Crippen LogP contribution in [0.4, 0.5) is 0 Å². The van der Waals surface area contributed by atoms with Crippen molar-refractivity contribution in [3.8, 4) is 5.75 Å². The SMILES string of the molecule is Cc1c(Cl)cc(Br)c(C)c1O. The molecule has 0 atom stereocenters. The van der Waals surface area contributed by atoms with Crippen LogP contribution in [0.15, 0.2) is 10.5 Å². The summed E-state index contributed by atoms with van der Waals surface area (Å²) < 4.78 is 0.839. The maximum absolute atomic E-state index is 9.45. The Morgan fingerprint density at radius 3 is 2.45 bits per heavy atom. The van der Waals surface area contributed by atoms with Gasteiger partial charge >= 0.3 is 0 Å². The average Bonchev–Trinajstić information content (AvgIpc) is 1.97. The molecule has 1 N–H and O–H groups in total. The second kappa shape index (κ2) is 3.03. The number of phenols is 1. The van der Waals surface area contributed by atoms with Gasteiger partial charge in [0, 0.05) is 20.6 Å². The van der Waals surface area contributed by atoms with E-state index in [1.807, 2.05) is 6.92 Å². The van der Waals surface area contributed by atoms with Gasteiger partial charge in [0.15, 0.2) is 0 Å². The van der Waals surface area contributed by atoms with Gasteiger partial charge in [0.25, 0.3) is 0 Å². The first-order chi connectivity index (χ1) is 5.04. The molecule has 1 nitrogen and oxygen atoms in total. The summed E-state index contributed by atoms with van der Waals surface area (Å²) in [5.41, 5.74) is 1.55. The molecule has 0 saturated heterocycles. The van der Waals surface area contributed by atoms with E-state index in [0.717, 1.165) is 15.6 Å². The van der Waals surface area contributed by atoms with Crippen molar-refractivity contribution in [2.24, 2.45) is 0 Å². The minimum Gasteiger partial charge on any atom is -0.507 e. The molecule has 0 aliphatic heterocycles. The average molecular weight is 236 g/mol. The van der Waals surface area contributed by atoms with Gasteiger partial charge in [-0.3, -0.25) is 0 Å². The number of hydrogen-bond acceptors (Lipinski definition) is 1. The van der Waals surface area contributed by atoms with Crippen LogP contribution in [-0.2, 0) is 0 Å². The summed E-state index contributed by atoms with van der Waals surface area (Å²) in [6, 6.07) is 1.78. The molecular weight excluding hydrogens is 227 g/mol. The maximum Gasteiger partial charge on any atom is 0.124 e. The second-order valence-corrected chi connectivity index (χ2v) is 3.70. The van der Waals surface area contributed by atoms with Crippen LogP contribution in [0.2, 0.25) is 5.02 Å². The lowest BCUT2D eigenvalue weighted by molar-refractivity contribution is 0.466. The predicted molar refractivity (Wildman–Crippen MR) is 50.3 cm³/mol. The predicted octanol–water partition coefficient (Wildman–Crippen LogP) is 3.42. The van der Waals surface area contributed by atoms with Gasteiger partial charge in [-0.05, 0) is 19.9 Å². The Bertz CT molecular complexity index is 270. The van der Waals surface area contributed by atoms with Crippen LogP contribution < -0.4 is 0 Å². The summed E-state index contributed by atoms with van der Waals surface area (Å²) in [5.74, 6) is 0.268. The van der Waals surface area contributed by atoms with E-state index in [9.17, 15) is 5.11 Å². The van der Waals surface area contributed by atoms with Crippen LogP contribution in [-0.4, -0.2) is 5.11 Å². The molecule has 60 valence electrons. The standard InChI is InChI=1S/C8H8BrClO/c1-4-6(9)3-7(10)5(2)8(4)11/h3,11H,1-2H3. The fraction of sp³-hybridized carbons (Fsp3) is 0.250. The van der Waals surface area contributed by atoms with E-state index in [-0.39, 0.29) is 5.75 Å². The highest BCUT2D eigenvalue weighted by Crippen LogP contribution is 2.33. The van der Waals surface area contributed by atoms with Crippen LogP contribution >= 0.6 is 27.5 Å². The van der Waals surface area contributed by atoms with Crippen LogP contribution in [0.3, 0.4) is 0 Å². The number of rotatable bonds is 0. The molecule has 0 aliphatic rings. The zero-order valence-corrected chi connectivity index (χ0v) is 8.62. The van der Waals surface area contributed by atoms with E-state index in [4.69, 9.17) is 11.6 Å². The van der Waals surface area contributed by atoms with E-state index in [2.05, 4.69) is 15.9 Å². The normalized spacial score (nSPS) is 10.2. The third-order valence-corrected chi connectivity index (χ3v) is 2.90. The van der Waals surface area contributed by atoms with Crippen LogP contribution in [0, 0.1) is 13.8 Å². The Kier molecular flexibility index (Phi) is 2.45. The van der Waals surface area contributed by atoms with Gasteiger partial charge in [-0.25, -0.2) is 0 Å². The van der Waals surface area contributed by atoms with Crippen molar-refractivity contribution in [2.75, 3.05) is 0 Å². The van der Waals surface area contributed by atoms with E-state index in [1.54, 1.807) is 13.0 Å². The highest BCUT2D eigenvalue weighted by molar-refractivity contribution is 9.10. The van der Waals surface area contributed by atoms with E-state index < -0.39 is 0 Å². The smallest absolute Gasteiger partial charge is 0.124 e. The first-order valence-corrected chi connectivity index (χ1v) is 4.35. The number of phenolic OH excluding ortho intramolecular Hbond substituents is 1. The molecule has 0 unspecified atom stereocenters. The molecule has 1 aromatic rings. The molecule has 0 heterocycles. The van der Waals surface area contributed by atoms with Crippen molar-refractivity contribution in [1.82, 2.24) is 0 Å². The number of benzene rings is 1. The zero-order valence-electron chi connectivity index (χ0n) is 6.28.